The third kappa shape index (κ3) is 2.92. The van der Waals surface area contributed by atoms with Gasteiger partial charge in [-0.1, -0.05) is 35.9 Å². The fourth-order valence-electron chi connectivity index (χ4n) is 4.12. The molecule has 2 aliphatic rings. The minimum atomic E-state index is 0.214. The Hall–Kier alpha value is -1.23. The molecule has 1 aliphatic carbocycles. The van der Waals surface area contributed by atoms with E-state index >= 15 is 0 Å². The fourth-order valence-corrected chi connectivity index (χ4v) is 5.47. The number of thioether (sulfide) groups is 1. The van der Waals surface area contributed by atoms with Crippen molar-refractivity contribution >= 4 is 40.0 Å². The molecule has 2 aromatic carbocycles. The Bertz CT molecular complexity index is 776. The average Bonchev–Trinajstić information content (AvgIpc) is 3.15. The molecule has 0 bridgehead atoms. The first-order valence-corrected chi connectivity index (χ1v) is 9.83. The van der Waals surface area contributed by atoms with E-state index in [0.717, 1.165) is 40.2 Å². The molecule has 1 heterocycles. The zero-order valence-electron chi connectivity index (χ0n) is 13.5. The second kappa shape index (κ2) is 6.58. The highest BCUT2D eigenvalue weighted by Gasteiger charge is 2.42. The second-order valence-electron chi connectivity index (χ2n) is 6.85. The quantitative estimate of drug-likeness (QED) is 0.847. The average molecular weight is 361 g/mol. The van der Waals surface area contributed by atoms with Crippen LogP contribution in [0, 0.1) is 11.8 Å². The molecule has 3 nitrogen and oxygen atoms in total. The smallest absolute Gasteiger partial charge is 0.232 e. The van der Waals surface area contributed by atoms with Crippen LogP contribution in [0.15, 0.2) is 41.3 Å². The lowest BCUT2D eigenvalue weighted by Crippen LogP contribution is -2.34. The molecular weight excluding hydrogens is 340 g/mol. The Labute approximate surface area is 151 Å². The van der Waals surface area contributed by atoms with E-state index in [1.807, 2.05) is 29.2 Å². The third-order valence-electron chi connectivity index (χ3n) is 5.43. The predicted molar refractivity (Wildman–Crippen MR) is 100 cm³/mol. The first-order chi connectivity index (χ1) is 11.6. The summed E-state index contributed by atoms with van der Waals surface area (Å²) in [4.78, 5) is 15.7. The Balaban J connectivity index is 1.45. The van der Waals surface area contributed by atoms with Gasteiger partial charge in [0.25, 0.3) is 0 Å². The number of fused-ring (bicyclic) bond motifs is 2. The summed E-state index contributed by atoms with van der Waals surface area (Å²) in [6.45, 7) is 1.72. The van der Waals surface area contributed by atoms with Gasteiger partial charge in [-0.15, -0.1) is 11.8 Å². The fraction of sp³-hybridized carbons (Fsp3) is 0.421. The van der Waals surface area contributed by atoms with Crippen LogP contribution in [0.5, 0.6) is 0 Å². The molecule has 4 rings (SSSR count). The highest BCUT2D eigenvalue weighted by atomic mass is 35.5. The number of carbonyl (C=O) groups is 1. The van der Waals surface area contributed by atoms with Crippen LogP contribution in [-0.2, 0) is 4.79 Å². The summed E-state index contributed by atoms with van der Waals surface area (Å²) in [7, 11) is 0. The molecule has 5 heteroatoms. The number of nitrogens with zero attached hydrogens (tertiary/aromatic N) is 1. The zero-order chi connectivity index (χ0) is 16.7. The number of nitrogens with two attached hydrogens (primary N) is 1. The molecule has 24 heavy (non-hydrogen) atoms. The number of hydrogen-bond donors (Lipinski definition) is 1. The van der Waals surface area contributed by atoms with Crippen molar-refractivity contribution in [3.8, 4) is 0 Å². The van der Waals surface area contributed by atoms with Crippen LogP contribution in [0.1, 0.15) is 12.8 Å². The largest absolute Gasteiger partial charge is 0.341 e. The maximum Gasteiger partial charge on any atom is 0.232 e. The number of rotatable bonds is 3. The summed E-state index contributed by atoms with van der Waals surface area (Å²) in [5.74, 6) is 1.79. The summed E-state index contributed by atoms with van der Waals surface area (Å²) in [5, 5.41) is 2.89. The molecule has 3 atom stereocenters. The lowest BCUT2D eigenvalue weighted by molar-refractivity contribution is -0.127. The van der Waals surface area contributed by atoms with Gasteiger partial charge in [-0.3, -0.25) is 4.79 Å². The molecule has 0 radical (unpaired) electrons. The van der Waals surface area contributed by atoms with Crippen molar-refractivity contribution in [2.45, 2.75) is 23.8 Å². The predicted octanol–water partition coefficient (Wildman–Crippen LogP) is 3.78. The van der Waals surface area contributed by atoms with E-state index in [9.17, 15) is 4.79 Å². The monoisotopic (exact) mass is 360 g/mol. The number of hydrogen-bond acceptors (Lipinski definition) is 3. The molecule has 126 valence electrons. The molecule has 1 amide bonds. The van der Waals surface area contributed by atoms with E-state index in [-0.39, 0.29) is 11.9 Å². The Morgan fingerprint density at radius 3 is 2.79 bits per heavy atom. The van der Waals surface area contributed by atoms with Gasteiger partial charge in [0.05, 0.1) is 5.75 Å². The Morgan fingerprint density at radius 2 is 2.00 bits per heavy atom. The van der Waals surface area contributed by atoms with E-state index in [1.54, 1.807) is 11.8 Å². The van der Waals surface area contributed by atoms with Crippen molar-refractivity contribution in [2.24, 2.45) is 17.6 Å². The number of likely N-dealkylation sites (tertiary alicyclic amines) is 1. The van der Waals surface area contributed by atoms with E-state index in [2.05, 4.69) is 12.1 Å². The second-order valence-corrected chi connectivity index (χ2v) is 8.27. The topological polar surface area (TPSA) is 46.3 Å². The number of carbonyl (C=O) groups excluding carboxylic acids is 1. The lowest BCUT2D eigenvalue weighted by atomic mass is 9.98. The van der Waals surface area contributed by atoms with Gasteiger partial charge in [-0.2, -0.15) is 0 Å². The van der Waals surface area contributed by atoms with E-state index < -0.39 is 0 Å². The maximum absolute atomic E-state index is 12.6. The van der Waals surface area contributed by atoms with Gasteiger partial charge < -0.3 is 10.6 Å². The first-order valence-electron chi connectivity index (χ1n) is 8.47. The van der Waals surface area contributed by atoms with E-state index in [1.165, 1.54) is 6.42 Å². The molecule has 1 saturated carbocycles. The summed E-state index contributed by atoms with van der Waals surface area (Å²) < 4.78 is 0. The zero-order valence-corrected chi connectivity index (χ0v) is 15.0. The van der Waals surface area contributed by atoms with Crippen LogP contribution in [0.4, 0.5) is 0 Å². The highest BCUT2D eigenvalue weighted by molar-refractivity contribution is 8.00. The molecule has 0 aromatic heterocycles. The third-order valence-corrected chi connectivity index (χ3v) is 6.79. The van der Waals surface area contributed by atoms with Crippen molar-refractivity contribution < 1.29 is 4.79 Å². The van der Waals surface area contributed by atoms with Gasteiger partial charge in [0.15, 0.2) is 0 Å². The minimum absolute atomic E-state index is 0.214. The van der Waals surface area contributed by atoms with Gasteiger partial charge in [0.1, 0.15) is 0 Å². The number of amides is 1. The molecule has 2 fully saturated rings. The molecule has 1 aliphatic heterocycles. The lowest BCUT2D eigenvalue weighted by Gasteiger charge is -2.19. The normalized spacial score (nSPS) is 26.1. The molecule has 1 saturated heterocycles. The minimum Gasteiger partial charge on any atom is -0.341 e. The van der Waals surface area contributed by atoms with Crippen LogP contribution in [0.3, 0.4) is 0 Å². The van der Waals surface area contributed by atoms with Gasteiger partial charge in [-0.25, -0.2) is 0 Å². The van der Waals surface area contributed by atoms with Crippen molar-refractivity contribution in [1.29, 1.82) is 0 Å². The van der Waals surface area contributed by atoms with Gasteiger partial charge in [-0.05, 0) is 42.2 Å². The van der Waals surface area contributed by atoms with Gasteiger partial charge in [0, 0.05) is 34.4 Å². The van der Waals surface area contributed by atoms with Crippen LogP contribution in [0.2, 0.25) is 5.02 Å². The molecule has 2 N–H and O–H groups in total. The summed E-state index contributed by atoms with van der Waals surface area (Å²) >= 11 is 7.94. The number of benzene rings is 2. The Morgan fingerprint density at radius 1 is 1.21 bits per heavy atom. The maximum atomic E-state index is 12.6. The van der Waals surface area contributed by atoms with Crippen LogP contribution in [-0.4, -0.2) is 35.7 Å². The SMILES string of the molecule is NC1CCC2CN(C(=O)CSc3cccc4cccc(Cl)c34)CC12. The van der Waals surface area contributed by atoms with Crippen molar-refractivity contribution in [3.63, 3.8) is 0 Å². The Kier molecular flexibility index (Phi) is 4.46. The van der Waals surface area contributed by atoms with Gasteiger partial charge >= 0.3 is 0 Å². The molecular formula is C19H21ClN2OS. The van der Waals surface area contributed by atoms with Crippen molar-refractivity contribution in [3.05, 3.63) is 41.4 Å². The van der Waals surface area contributed by atoms with E-state index in [4.69, 9.17) is 17.3 Å². The summed E-state index contributed by atoms with van der Waals surface area (Å²) in [6.07, 6.45) is 2.28. The molecule has 3 unspecified atom stereocenters. The molecule has 2 aromatic rings. The standard InChI is InChI=1S/C19H21ClN2OS/c20-15-5-1-3-12-4-2-6-17(19(12)15)24-11-18(23)22-9-13-7-8-16(21)14(13)10-22/h1-6,13-14,16H,7-11,21H2. The summed E-state index contributed by atoms with van der Waals surface area (Å²) in [6, 6.07) is 12.3. The van der Waals surface area contributed by atoms with Crippen molar-refractivity contribution in [1.82, 2.24) is 4.90 Å². The van der Waals surface area contributed by atoms with Crippen molar-refractivity contribution in [2.75, 3.05) is 18.8 Å². The van der Waals surface area contributed by atoms with Crippen LogP contribution >= 0.6 is 23.4 Å². The first kappa shape index (κ1) is 16.2. The van der Waals surface area contributed by atoms with Gasteiger partial charge in [0.2, 0.25) is 5.91 Å². The van der Waals surface area contributed by atoms with E-state index in [0.29, 0.717) is 17.6 Å². The van der Waals surface area contributed by atoms with Crippen LogP contribution < -0.4 is 5.73 Å². The molecule has 0 spiro atoms. The number of halogens is 1. The van der Waals surface area contributed by atoms with Crippen LogP contribution in [0.25, 0.3) is 10.8 Å². The highest BCUT2D eigenvalue weighted by Crippen LogP contribution is 2.38. The summed E-state index contributed by atoms with van der Waals surface area (Å²) in [5.41, 5.74) is 6.17.